The van der Waals surface area contributed by atoms with Crippen LogP contribution in [0.1, 0.15) is 0 Å². The summed E-state index contributed by atoms with van der Waals surface area (Å²) in [5.74, 6) is 0. The molecule has 0 aliphatic carbocycles. The highest BCUT2D eigenvalue weighted by Gasteiger charge is 2.23. The number of hydrogen-bond acceptors (Lipinski definition) is 2. The van der Waals surface area contributed by atoms with E-state index < -0.39 is 0 Å². The van der Waals surface area contributed by atoms with Crippen LogP contribution in [0, 0.1) is 0 Å². The first kappa shape index (κ1) is 27.7. The number of aromatic nitrogens is 4. The van der Waals surface area contributed by atoms with Crippen LogP contribution >= 0.6 is 0 Å². The zero-order valence-corrected chi connectivity index (χ0v) is 27.9. The maximum atomic E-state index is 6.79. The quantitative estimate of drug-likeness (QED) is 0.189. The van der Waals surface area contributed by atoms with Gasteiger partial charge in [0.1, 0.15) is 5.58 Å². The van der Waals surface area contributed by atoms with Gasteiger partial charge >= 0.3 is 0 Å². The zero-order chi connectivity index (χ0) is 33.9. The lowest BCUT2D eigenvalue weighted by Crippen LogP contribution is -1.95. The Kier molecular flexibility index (Phi) is 5.44. The summed E-state index contributed by atoms with van der Waals surface area (Å²) in [4.78, 5) is 4.90. The molecule has 0 unspecified atom stereocenters. The topological polar surface area (TPSA) is 40.3 Å². The van der Waals surface area contributed by atoms with Crippen molar-refractivity contribution in [2.75, 3.05) is 0 Å². The van der Waals surface area contributed by atoms with Crippen molar-refractivity contribution >= 4 is 82.2 Å². The van der Waals surface area contributed by atoms with Crippen LogP contribution in [-0.2, 0) is 0 Å². The summed E-state index contributed by atoms with van der Waals surface area (Å²) in [5.41, 5.74) is 14.0. The number of rotatable bonds is 3. The number of para-hydroxylation sites is 6. The molecule has 0 amide bonds. The molecule has 12 rings (SSSR count). The number of benzene rings is 7. The number of nitrogens with zero attached hydrogens (tertiary/aromatic N) is 4. The molecule has 0 spiro atoms. The lowest BCUT2D eigenvalue weighted by molar-refractivity contribution is 0.645. The van der Waals surface area contributed by atoms with Gasteiger partial charge in [-0.05, 0) is 72.3 Å². The molecule has 0 saturated carbocycles. The van der Waals surface area contributed by atoms with E-state index in [1.54, 1.807) is 0 Å². The molecule has 5 heterocycles. The molecule has 0 aliphatic rings. The molecule has 0 radical (unpaired) electrons. The fraction of sp³-hybridized carbons (Fsp3) is 0. The van der Waals surface area contributed by atoms with Crippen LogP contribution in [0.25, 0.3) is 105 Å². The largest absolute Gasteiger partial charge is 0.439 e. The average molecular weight is 665 g/mol. The van der Waals surface area contributed by atoms with E-state index in [0.29, 0.717) is 0 Å². The van der Waals surface area contributed by atoms with Gasteiger partial charge in [0.15, 0.2) is 0 Å². The molecule has 0 saturated heterocycles. The first-order valence-electron chi connectivity index (χ1n) is 17.6. The molecule has 5 nitrogen and oxygen atoms in total. The number of fused-ring (bicyclic) bond motifs is 13. The first-order valence-corrected chi connectivity index (χ1v) is 17.6. The summed E-state index contributed by atoms with van der Waals surface area (Å²) in [7, 11) is 0. The van der Waals surface area contributed by atoms with Crippen LogP contribution in [0.2, 0.25) is 0 Å². The SMILES string of the molecule is c1ccc(-n2c3ccccc3c3cc4c(cc32)c2c3ccccc3oc2n4-c2cccc(-c3c4ccccc4n4c3cnc3ccccc34)c2)cc1. The summed E-state index contributed by atoms with van der Waals surface area (Å²) < 4.78 is 13.8. The van der Waals surface area contributed by atoms with Gasteiger partial charge in [0.2, 0.25) is 5.71 Å². The fourth-order valence-electron chi connectivity index (χ4n) is 8.70. The monoisotopic (exact) mass is 664 g/mol. The summed E-state index contributed by atoms with van der Waals surface area (Å²) in [6.07, 6.45) is 2.02. The molecule has 0 N–H and O–H groups in total. The second-order valence-electron chi connectivity index (χ2n) is 13.6. The van der Waals surface area contributed by atoms with E-state index in [4.69, 9.17) is 9.40 Å². The number of furan rings is 1. The van der Waals surface area contributed by atoms with Crippen molar-refractivity contribution in [1.82, 2.24) is 18.5 Å². The highest BCUT2D eigenvalue weighted by atomic mass is 16.3. The highest BCUT2D eigenvalue weighted by molar-refractivity contribution is 6.24. The van der Waals surface area contributed by atoms with Crippen LogP contribution in [0.5, 0.6) is 0 Å². The molecule has 0 aliphatic heterocycles. The molecule has 242 valence electrons. The van der Waals surface area contributed by atoms with Gasteiger partial charge in [-0.1, -0.05) is 97.1 Å². The number of hydrogen-bond donors (Lipinski definition) is 0. The van der Waals surface area contributed by atoms with Crippen molar-refractivity contribution in [3.63, 3.8) is 0 Å². The van der Waals surface area contributed by atoms with Gasteiger partial charge < -0.3 is 13.4 Å². The average Bonchev–Trinajstić information content (AvgIpc) is 3.93. The zero-order valence-electron chi connectivity index (χ0n) is 27.9. The molecule has 7 aromatic carbocycles. The molecule has 52 heavy (non-hydrogen) atoms. The normalized spacial score (nSPS) is 12.2. The van der Waals surface area contributed by atoms with E-state index in [-0.39, 0.29) is 0 Å². The summed E-state index contributed by atoms with van der Waals surface area (Å²) in [6.45, 7) is 0. The van der Waals surface area contributed by atoms with Crippen molar-refractivity contribution in [1.29, 1.82) is 0 Å². The van der Waals surface area contributed by atoms with Crippen molar-refractivity contribution in [3.8, 4) is 22.5 Å². The summed E-state index contributed by atoms with van der Waals surface area (Å²) in [6, 6.07) is 58.4. The Morgan fingerprint density at radius 2 is 1.10 bits per heavy atom. The van der Waals surface area contributed by atoms with Crippen molar-refractivity contribution in [2.24, 2.45) is 0 Å². The minimum Gasteiger partial charge on any atom is -0.439 e. The van der Waals surface area contributed by atoms with Crippen LogP contribution in [0.15, 0.2) is 174 Å². The fourth-order valence-corrected chi connectivity index (χ4v) is 8.70. The molecule has 0 bridgehead atoms. The predicted octanol–water partition coefficient (Wildman–Crippen LogP) is 12.2. The minimum atomic E-state index is 0.843. The third kappa shape index (κ3) is 3.64. The molecular formula is C47H28N4O. The lowest BCUT2D eigenvalue weighted by atomic mass is 10.0. The highest BCUT2D eigenvalue weighted by Crippen LogP contribution is 2.44. The second kappa shape index (κ2) is 10.2. The van der Waals surface area contributed by atoms with Crippen LogP contribution in [0.3, 0.4) is 0 Å². The van der Waals surface area contributed by atoms with Gasteiger partial charge in [0, 0.05) is 43.9 Å². The lowest BCUT2D eigenvalue weighted by Gasteiger charge is -2.10. The summed E-state index contributed by atoms with van der Waals surface area (Å²) in [5, 5.41) is 7.02. The first-order chi connectivity index (χ1) is 25.8. The maximum Gasteiger partial charge on any atom is 0.213 e. The van der Waals surface area contributed by atoms with Crippen molar-refractivity contribution in [2.45, 2.75) is 0 Å². The molecule has 0 fully saturated rings. The van der Waals surface area contributed by atoms with Crippen LogP contribution < -0.4 is 0 Å². The Bertz CT molecular complexity index is 3410. The standard InChI is InChI=1S/C47H28N4O/c1-2-14-30(15-3-1)49-38-21-8-4-17-32(38)35-26-42-36(27-41(35)49)46-34-19-6-11-24-44(34)52-47(46)50(42)31-16-12-13-29(25-31)45-33-18-5-9-22-39(33)51-40-23-10-7-20-37(40)48-28-43(45)51/h1-28H. The van der Waals surface area contributed by atoms with Crippen molar-refractivity contribution < 1.29 is 4.42 Å². The third-order valence-electron chi connectivity index (χ3n) is 10.8. The molecule has 12 aromatic rings. The van der Waals surface area contributed by atoms with Crippen LogP contribution in [0.4, 0.5) is 0 Å². The molecule has 0 atom stereocenters. The molecule has 5 aromatic heterocycles. The molecular weight excluding hydrogens is 637 g/mol. The Morgan fingerprint density at radius 1 is 0.423 bits per heavy atom. The van der Waals surface area contributed by atoms with E-state index >= 15 is 0 Å². The van der Waals surface area contributed by atoms with Gasteiger partial charge in [-0.25, -0.2) is 0 Å². The Hall–Kier alpha value is -7.11. The van der Waals surface area contributed by atoms with E-state index in [2.05, 4.69) is 165 Å². The Labute approximate surface area is 296 Å². The third-order valence-corrected chi connectivity index (χ3v) is 10.8. The van der Waals surface area contributed by atoms with Gasteiger partial charge in [0.25, 0.3) is 0 Å². The van der Waals surface area contributed by atoms with E-state index in [0.717, 1.165) is 66.5 Å². The maximum absolute atomic E-state index is 6.79. The van der Waals surface area contributed by atoms with Gasteiger partial charge in [-0.2, -0.15) is 0 Å². The smallest absolute Gasteiger partial charge is 0.213 e. The predicted molar refractivity (Wildman–Crippen MR) is 214 cm³/mol. The van der Waals surface area contributed by atoms with Crippen molar-refractivity contribution in [3.05, 3.63) is 170 Å². The van der Waals surface area contributed by atoms with E-state index in [9.17, 15) is 0 Å². The van der Waals surface area contributed by atoms with Crippen LogP contribution in [-0.4, -0.2) is 18.5 Å². The van der Waals surface area contributed by atoms with Gasteiger partial charge in [-0.15, -0.1) is 0 Å². The minimum absolute atomic E-state index is 0.843. The van der Waals surface area contributed by atoms with E-state index in [1.807, 2.05) is 18.3 Å². The molecule has 5 heteroatoms. The second-order valence-corrected chi connectivity index (χ2v) is 13.6. The van der Waals surface area contributed by atoms with Gasteiger partial charge in [0.05, 0.1) is 50.2 Å². The summed E-state index contributed by atoms with van der Waals surface area (Å²) >= 11 is 0. The Morgan fingerprint density at radius 3 is 1.98 bits per heavy atom. The Balaban J connectivity index is 1.19. The van der Waals surface area contributed by atoms with E-state index in [1.165, 1.54) is 38.3 Å². The van der Waals surface area contributed by atoms with Gasteiger partial charge in [-0.3, -0.25) is 9.55 Å².